The number of carbonyl (C=O) groups excluding carboxylic acids is 2. The van der Waals surface area contributed by atoms with E-state index < -0.39 is 0 Å². The van der Waals surface area contributed by atoms with Gasteiger partial charge in [0.1, 0.15) is 11.6 Å². The van der Waals surface area contributed by atoms with Gasteiger partial charge in [0.25, 0.3) is 0 Å². The molecule has 0 bridgehead atoms. The minimum Gasteiger partial charge on any atom is -0.310 e. The van der Waals surface area contributed by atoms with Crippen molar-refractivity contribution in [2.45, 2.75) is 13.3 Å². The molecule has 0 aliphatic heterocycles. The topological polar surface area (TPSA) is 72.0 Å². The first kappa shape index (κ1) is 11.2. The summed E-state index contributed by atoms with van der Waals surface area (Å²) in [5.74, 6) is -0.0826. The van der Waals surface area contributed by atoms with Crippen molar-refractivity contribution in [3.05, 3.63) is 30.6 Å². The van der Waals surface area contributed by atoms with Gasteiger partial charge >= 0.3 is 0 Å². The second-order valence-electron chi connectivity index (χ2n) is 3.69. The summed E-state index contributed by atoms with van der Waals surface area (Å²) in [4.78, 5) is 30.4. The average Bonchev–Trinajstić information content (AvgIpc) is 2.27. The zero-order valence-corrected chi connectivity index (χ0v) is 9.30. The Morgan fingerprint density at radius 3 is 2.88 bits per heavy atom. The van der Waals surface area contributed by atoms with Crippen molar-refractivity contribution in [2.24, 2.45) is 0 Å². The molecule has 86 valence electrons. The number of anilines is 1. The summed E-state index contributed by atoms with van der Waals surface area (Å²) in [6, 6.07) is 5.26. The molecule has 5 heteroatoms. The molecule has 0 fully saturated rings. The van der Waals surface area contributed by atoms with Gasteiger partial charge in [-0.3, -0.25) is 14.6 Å². The number of nitrogens with zero attached hydrogens (tertiary/aromatic N) is 2. The van der Waals surface area contributed by atoms with Gasteiger partial charge in [-0.25, -0.2) is 4.98 Å². The van der Waals surface area contributed by atoms with Crippen LogP contribution < -0.4 is 5.32 Å². The number of pyridine rings is 2. The third-order valence-corrected chi connectivity index (χ3v) is 2.17. The van der Waals surface area contributed by atoms with E-state index in [-0.39, 0.29) is 18.1 Å². The molecule has 0 saturated carbocycles. The monoisotopic (exact) mass is 229 g/mol. The standard InChI is InChI=1S/C12H11N3O2/c1-8(16)6-12(17)15-11-3-2-9-7-13-5-4-10(9)14-11/h2-5,7H,6H2,1H3,(H,14,15,17). The van der Waals surface area contributed by atoms with E-state index in [0.29, 0.717) is 5.82 Å². The maximum Gasteiger partial charge on any atom is 0.232 e. The van der Waals surface area contributed by atoms with Crippen LogP contribution in [0.3, 0.4) is 0 Å². The number of Topliss-reactive ketones (excluding diaryl/α,β-unsaturated/α-hetero) is 1. The van der Waals surface area contributed by atoms with E-state index in [2.05, 4.69) is 15.3 Å². The van der Waals surface area contributed by atoms with Crippen molar-refractivity contribution >= 4 is 28.4 Å². The van der Waals surface area contributed by atoms with Crippen LogP contribution in [0.25, 0.3) is 10.9 Å². The Labute approximate surface area is 97.9 Å². The van der Waals surface area contributed by atoms with Gasteiger partial charge in [-0.2, -0.15) is 0 Å². The van der Waals surface area contributed by atoms with Crippen LogP contribution in [-0.2, 0) is 9.59 Å². The van der Waals surface area contributed by atoms with Gasteiger partial charge in [-0.05, 0) is 25.1 Å². The predicted octanol–water partition coefficient (Wildman–Crippen LogP) is 1.55. The lowest BCUT2D eigenvalue weighted by atomic mass is 10.2. The highest BCUT2D eigenvalue weighted by molar-refractivity contribution is 6.03. The summed E-state index contributed by atoms with van der Waals surface area (Å²) >= 11 is 0. The number of nitrogens with one attached hydrogen (secondary N) is 1. The summed E-state index contributed by atoms with van der Waals surface area (Å²) in [6.45, 7) is 1.37. The molecule has 17 heavy (non-hydrogen) atoms. The summed E-state index contributed by atoms with van der Waals surface area (Å²) in [5.41, 5.74) is 0.751. The lowest BCUT2D eigenvalue weighted by Crippen LogP contribution is -2.15. The van der Waals surface area contributed by atoms with Crippen LogP contribution in [0.1, 0.15) is 13.3 Å². The number of rotatable bonds is 3. The van der Waals surface area contributed by atoms with E-state index in [1.807, 2.05) is 6.07 Å². The maximum atomic E-state index is 11.4. The normalized spacial score (nSPS) is 10.2. The highest BCUT2D eigenvalue weighted by Gasteiger charge is 2.06. The fourth-order valence-electron chi connectivity index (χ4n) is 1.45. The Morgan fingerprint density at radius 1 is 1.29 bits per heavy atom. The number of hydrogen-bond acceptors (Lipinski definition) is 4. The molecule has 0 spiro atoms. The Morgan fingerprint density at radius 2 is 2.12 bits per heavy atom. The smallest absolute Gasteiger partial charge is 0.232 e. The molecule has 2 aromatic heterocycles. The van der Waals surface area contributed by atoms with E-state index >= 15 is 0 Å². The molecule has 0 unspecified atom stereocenters. The van der Waals surface area contributed by atoms with Crippen molar-refractivity contribution in [3.63, 3.8) is 0 Å². The Hall–Kier alpha value is -2.30. The number of hydrogen-bond donors (Lipinski definition) is 1. The van der Waals surface area contributed by atoms with E-state index in [1.54, 1.807) is 24.5 Å². The number of aromatic nitrogens is 2. The third-order valence-electron chi connectivity index (χ3n) is 2.17. The van der Waals surface area contributed by atoms with E-state index in [1.165, 1.54) is 6.92 Å². The Balaban J connectivity index is 2.19. The lowest BCUT2D eigenvalue weighted by molar-refractivity contribution is -0.124. The summed E-state index contributed by atoms with van der Waals surface area (Å²) in [5, 5.41) is 3.47. The Kier molecular flexibility index (Phi) is 3.09. The van der Waals surface area contributed by atoms with Gasteiger partial charge in [-0.1, -0.05) is 0 Å². The van der Waals surface area contributed by atoms with Crippen molar-refractivity contribution in [3.8, 4) is 0 Å². The molecule has 0 aliphatic rings. The van der Waals surface area contributed by atoms with Gasteiger partial charge in [0.2, 0.25) is 5.91 Å². The second-order valence-corrected chi connectivity index (χ2v) is 3.69. The molecule has 0 radical (unpaired) electrons. The zero-order valence-electron chi connectivity index (χ0n) is 9.30. The second kappa shape index (κ2) is 4.69. The van der Waals surface area contributed by atoms with Crippen molar-refractivity contribution < 1.29 is 9.59 Å². The molecule has 2 heterocycles. The third kappa shape index (κ3) is 2.84. The van der Waals surface area contributed by atoms with Crippen LogP contribution >= 0.6 is 0 Å². The Bertz CT molecular complexity index is 581. The van der Waals surface area contributed by atoms with Crippen LogP contribution in [-0.4, -0.2) is 21.7 Å². The summed E-state index contributed by atoms with van der Waals surface area (Å²) < 4.78 is 0. The summed E-state index contributed by atoms with van der Waals surface area (Å²) in [6.07, 6.45) is 3.20. The van der Waals surface area contributed by atoms with Crippen LogP contribution in [0.5, 0.6) is 0 Å². The molecule has 0 aromatic carbocycles. The van der Waals surface area contributed by atoms with Crippen molar-refractivity contribution in [2.75, 3.05) is 5.32 Å². The van der Waals surface area contributed by atoms with E-state index in [4.69, 9.17) is 0 Å². The lowest BCUT2D eigenvalue weighted by Gasteiger charge is -2.04. The van der Waals surface area contributed by atoms with Crippen LogP contribution in [0.15, 0.2) is 30.6 Å². The fourth-order valence-corrected chi connectivity index (χ4v) is 1.45. The molecule has 1 amide bonds. The minimum atomic E-state index is -0.349. The van der Waals surface area contributed by atoms with Gasteiger partial charge in [0, 0.05) is 17.8 Å². The molecule has 2 aromatic rings. The van der Waals surface area contributed by atoms with Gasteiger partial charge in [-0.15, -0.1) is 0 Å². The molecule has 5 nitrogen and oxygen atoms in total. The highest BCUT2D eigenvalue weighted by atomic mass is 16.2. The van der Waals surface area contributed by atoms with Crippen molar-refractivity contribution in [1.82, 2.24) is 9.97 Å². The predicted molar refractivity (Wildman–Crippen MR) is 63.5 cm³/mol. The highest BCUT2D eigenvalue weighted by Crippen LogP contribution is 2.13. The number of amides is 1. The molecular weight excluding hydrogens is 218 g/mol. The molecule has 0 aliphatic carbocycles. The van der Waals surface area contributed by atoms with Crippen LogP contribution in [0.4, 0.5) is 5.82 Å². The molecule has 0 saturated heterocycles. The molecule has 0 atom stereocenters. The average molecular weight is 229 g/mol. The number of fused-ring (bicyclic) bond motifs is 1. The minimum absolute atomic E-state index is 0.129. The number of carbonyl (C=O) groups is 2. The van der Waals surface area contributed by atoms with Gasteiger partial charge in [0.15, 0.2) is 0 Å². The van der Waals surface area contributed by atoms with E-state index in [9.17, 15) is 9.59 Å². The summed E-state index contributed by atoms with van der Waals surface area (Å²) in [7, 11) is 0. The molecule has 2 rings (SSSR count). The fraction of sp³-hybridized carbons (Fsp3) is 0.167. The van der Waals surface area contributed by atoms with Crippen LogP contribution in [0.2, 0.25) is 0 Å². The van der Waals surface area contributed by atoms with Crippen LogP contribution in [0, 0.1) is 0 Å². The number of ketones is 1. The van der Waals surface area contributed by atoms with E-state index in [0.717, 1.165) is 10.9 Å². The molecule has 1 N–H and O–H groups in total. The van der Waals surface area contributed by atoms with Crippen molar-refractivity contribution in [1.29, 1.82) is 0 Å². The zero-order chi connectivity index (χ0) is 12.3. The maximum absolute atomic E-state index is 11.4. The SMILES string of the molecule is CC(=O)CC(=O)Nc1ccc2cnccc2n1. The molecular formula is C12H11N3O2. The first-order chi connectivity index (χ1) is 8.15. The largest absolute Gasteiger partial charge is 0.310 e. The van der Waals surface area contributed by atoms with Gasteiger partial charge in [0.05, 0.1) is 11.9 Å². The quantitative estimate of drug-likeness (QED) is 0.810. The van der Waals surface area contributed by atoms with Gasteiger partial charge < -0.3 is 5.32 Å². The first-order valence-corrected chi connectivity index (χ1v) is 5.15. The first-order valence-electron chi connectivity index (χ1n) is 5.15.